The van der Waals surface area contributed by atoms with Crippen LogP contribution in [0.15, 0.2) is 6.07 Å². The Morgan fingerprint density at radius 3 is 3.00 bits per heavy atom. The van der Waals surface area contributed by atoms with Crippen molar-refractivity contribution in [3.63, 3.8) is 0 Å². The largest absolute Gasteiger partial charge is 0.454 e. The number of hydrogen-bond acceptors (Lipinski definition) is 3. The molecule has 1 heterocycles. The molecular weight excluding hydrogens is 192 g/mol. The molecule has 1 aliphatic rings. The molecule has 0 bridgehead atoms. The van der Waals surface area contributed by atoms with Crippen LogP contribution in [0.3, 0.4) is 0 Å². The summed E-state index contributed by atoms with van der Waals surface area (Å²) in [4.78, 5) is 10.6. The zero-order valence-electron chi connectivity index (χ0n) is 6.96. The number of halogens is 1. The van der Waals surface area contributed by atoms with E-state index >= 15 is 0 Å². The molecule has 0 aromatic heterocycles. The molecule has 0 fully saturated rings. The Labute approximate surface area is 80.2 Å². The molecule has 4 heteroatoms. The number of carbonyl (C=O) groups excluding carboxylic acids is 1. The highest BCUT2D eigenvalue weighted by molar-refractivity contribution is 6.34. The van der Waals surface area contributed by atoms with Crippen LogP contribution in [-0.2, 0) is 0 Å². The van der Waals surface area contributed by atoms with Gasteiger partial charge in [-0.3, -0.25) is 4.79 Å². The van der Waals surface area contributed by atoms with Crippen molar-refractivity contribution in [3.8, 4) is 11.5 Å². The topological polar surface area (TPSA) is 35.5 Å². The standard InChI is InChI=1S/C9H7ClO3/c1-5-8(10)6(3-11)2-7-9(5)13-4-12-7/h2-3H,4H2,1H3. The second-order valence-electron chi connectivity index (χ2n) is 2.76. The summed E-state index contributed by atoms with van der Waals surface area (Å²) in [7, 11) is 0. The van der Waals surface area contributed by atoms with Crippen LogP contribution in [0.1, 0.15) is 15.9 Å². The minimum atomic E-state index is 0.189. The van der Waals surface area contributed by atoms with E-state index in [1.54, 1.807) is 13.0 Å². The van der Waals surface area contributed by atoms with Gasteiger partial charge in [-0.15, -0.1) is 0 Å². The number of fused-ring (bicyclic) bond motifs is 1. The second-order valence-corrected chi connectivity index (χ2v) is 3.13. The zero-order chi connectivity index (χ0) is 9.42. The van der Waals surface area contributed by atoms with Crippen molar-refractivity contribution in [3.05, 3.63) is 22.2 Å². The predicted molar refractivity (Wildman–Crippen MR) is 47.7 cm³/mol. The van der Waals surface area contributed by atoms with Crippen LogP contribution in [-0.4, -0.2) is 13.1 Å². The van der Waals surface area contributed by atoms with Gasteiger partial charge in [-0.2, -0.15) is 0 Å². The van der Waals surface area contributed by atoms with E-state index in [9.17, 15) is 4.79 Å². The normalized spacial score (nSPS) is 13.1. The third-order valence-electron chi connectivity index (χ3n) is 1.98. The lowest BCUT2D eigenvalue weighted by atomic mass is 10.1. The van der Waals surface area contributed by atoms with Gasteiger partial charge in [0.1, 0.15) is 0 Å². The zero-order valence-corrected chi connectivity index (χ0v) is 7.72. The first-order valence-electron chi connectivity index (χ1n) is 3.78. The summed E-state index contributed by atoms with van der Waals surface area (Å²) < 4.78 is 10.3. The van der Waals surface area contributed by atoms with Gasteiger partial charge in [-0.1, -0.05) is 11.6 Å². The molecule has 1 aromatic rings. The Morgan fingerprint density at radius 2 is 2.31 bits per heavy atom. The van der Waals surface area contributed by atoms with Crippen molar-refractivity contribution in [1.29, 1.82) is 0 Å². The highest BCUT2D eigenvalue weighted by Gasteiger charge is 2.20. The minimum absolute atomic E-state index is 0.189. The maximum atomic E-state index is 10.6. The van der Waals surface area contributed by atoms with Gasteiger partial charge in [-0.25, -0.2) is 0 Å². The molecule has 0 N–H and O–H groups in total. The van der Waals surface area contributed by atoms with Crippen molar-refractivity contribution in [2.75, 3.05) is 6.79 Å². The number of rotatable bonds is 1. The fourth-order valence-electron chi connectivity index (χ4n) is 1.30. The Bertz CT molecular complexity index is 374. The highest BCUT2D eigenvalue weighted by atomic mass is 35.5. The van der Waals surface area contributed by atoms with Crippen LogP contribution in [0.25, 0.3) is 0 Å². The van der Waals surface area contributed by atoms with Crippen LogP contribution >= 0.6 is 11.6 Å². The fraction of sp³-hybridized carbons (Fsp3) is 0.222. The number of aldehydes is 1. The molecule has 68 valence electrons. The van der Waals surface area contributed by atoms with E-state index in [2.05, 4.69) is 0 Å². The number of carbonyl (C=O) groups is 1. The highest BCUT2D eigenvalue weighted by Crippen LogP contribution is 2.40. The van der Waals surface area contributed by atoms with Gasteiger partial charge in [0.25, 0.3) is 0 Å². The molecule has 13 heavy (non-hydrogen) atoms. The van der Waals surface area contributed by atoms with E-state index < -0.39 is 0 Å². The Kier molecular flexibility index (Phi) is 1.88. The van der Waals surface area contributed by atoms with E-state index in [0.717, 1.165) is 5.56 Å². The van der Waals surface area contributed by atoms with E-state index in [1.165, 1.54) is 0 Å². The van der Waals surface area contributed by atoms with E-state index in [4.69, 9.17) is 21.1 Å². The lowest BCUT2D eigenvalue weighted by molar-refractivity contribution is 0.112. The lowest BCUT2D eigenvalue weighted by Gasteiger charge is -2.04. The van der Waals surface area contributed by atoms with Gasteiger partial charge in [0.05, 0.1) is 5.02 Å². The molecule has 2 rings (SSSR count). The minimum Gasteiger partial charge on any atom is -0.454 e. The smallest absolute Gasteiger partial charge is 0.231 e. The monoisotopic (exact) mass is 198 g/mol. The lowest BCUT2D eigenvalue weighted by Crippen LogP contribution is -1.93. The van der Waals surface area contributed by atoms with Gasteiger partial charge >= 0.3 is 0 Å². The molecule has 0 radical (unpaired) electrons. The maximum Gasteiger partial charge on any atom is 0.231 e. The maximum absolute atomic E-state index is 10.6. The number of ether oxygens (including phenoxy) is 2. The van der Waals surface area contributed by atoms with Crippen molar-refractivity contribution in [2.24, 2.45) is 0 Å². The van der Waals surface area contributed by atoms with Gasteiger partial charge in [0.15, 0.2) is 17.8 Å². The molecule has 3 nitrogen and oxygen atoms in total. The quantitative estimate of drug-likeness (QED) is 0.649. The molecule has 1 aliphatic heterocycles. The molecule has 0 saturated carbocycles. The van der Waals surface area contributed by atoms with Gasteiger partial charge in [0.2, 0.25) is 6.79 Å². The summed E-state index contributed by atoms with van der Waals surface area (Å²) >= 11 is 5.91. The summed E-state index contributed by atoms with van der Waals surface area (Å²) in [6.07, 6.45) is 0.706. The fourth-order valence-corrected chi connectivity index (χ4v) is 1.48. The molecular formula is C9H7ClO3. The average Bonchev–Trinajstić information content (AvgIpc) is 2.59. The van der Waals surface area contributed by atoms with Crippen molar-refractivity contribution in [1.82, 2.24) is 0 Å². The molecule has 0 amide bonds. The van der Waals surface area contributed by atoms with Gasteiger partial charge in [-0.05, 0) is 13.0 Å². The summed E-state index contributed by atoms with van der Waals surface area (Å²) in [6, 6.07) is 1.59. The summed E-state index contributed by atoms with van der Waals surface area (Å²) in [5, 5.41) is 0.430. The van der Waals surface area contributed by atoms with Crippen molar-refractivity contribution < 1.29 is 14.3 Å². The molecule has 0 aliphatic carbocycles. The first-order chi connectivity index (χ1) is 6.24. The van der Waals surface area contributed by atoms with Gasteiger partial charge in [0, 0.05) is 11.1 Å². The van der Waals surface area contributed by atoms with Crippen molar-refractivity contribution in [2.45, 2.75) is 6.92 Å². The molecule has 1 aromatic carbocycles. The van der Waals surface area contributed by atoms with E-state index in [1.807, 2.05) is 0 Å². The average molecular weight is 199 g/mol. The van der Waals surface area contributed by atoms with E-state index in [-0.39, 0.29) is 6.79 Å². The third-order valence-corrected chi connectivity index (χ3v) is 2.48. The second kappa shape index (κ2) is 2.92. The van der Waals surface area contributed by atoms with Crippen LogP contribution in [0, 0.1) is 6.92 Å². The Hall–Kier alpha value is -1.22. The predicted octanol–water partition coefficient (Wildman–Crippen LogP) is 2.19. The molecule has 0 spiro atoms. The summed E-state index contributed by atoms with van der Waals surface area (Å²) in [6.45, 7) is 1.98. The SMILES string of the molecule is Cc1c(Cl)c(C=O)cc2c1OCO2. The first kappa shape index (κ1) is 8.38. The van der Waals surface area contributed by atoms with Crippen LogP contribution in [0.2, 0.25) is 5.02 Å². The van der Waals surface area contributed by atoms with Crippen LogP contribution < -0.4 is 9.47 Å². The van der Waals surface area contributed by atoms with Crippen LogP contribution in [0.5, 0.6) is 11.5 Å². The Morgan fingerprint density at radius 1 is 1.54 bits per heavy atom. The summed E-state index contributed by atoms with van der Waals surface area (Å²) in [5.41, 5.74) is 1.18. The molecule has 0 atom stereocenters. The number of benzene rings is 1. The number of hydrogen-bond donors (Lipinski definition) is 0. The van der Waals surface area contributed by atoms with E-state index in [0.29, 0.717) is 28.4 Å². The third kappa shape index (κ3) is 1.16. The molecule has 0 saturated heterocycles. The first-order valence-corrected chi connectivity index (χ1v) is 4.15. The Balaban J connectivity index is 2.68. The van der Waals surface area contributed by atoms with Crippen LogP contribution in [0.4, 0.5) is 0 Å². The summed E-state index contributed by atoms with van der Waals surface area (Å²) in [5.74, 6) is 1.22. The van der Waals surface area contributed by atoms with Crippen molar-refractivity contribution >= 4 is 17.9 Å². The van der Waals surface area contributed by atoms with Gasteiger partial charge < -0.3 is 9.47 Å². The molecule has 0 unspecified atom stereocenters.